The molecule has 3 heterocycles. The SMILES string of the molecule is COc1cc(Nc2c(C#N)cnc3cc(OCCCN4CCC5(CC4)CN(C(=O)OC(C)(C)C)C5)c(OC)cc23)c(Cl)cc1Cl. The molecule has 12 heteroatoms. The number of hydrogen-bond acceptors (Lipinski definition) is 9. The highest BCUT2D eigenvalue weighted by Gasteiger charge is 2.47. The zero-order chi connectivity index (χ0) is 32.4. The van der Waals surface area contributed by atoms with Crippen LogP contribution in [-0.2, 0) is 4.74 Å². The van der Waals surface area contributed by atoms with E-state index >= 15 is 0 Å². The number of halogens is 2. The first-order valence-corrected chi connectivity index (χ1v) is 15.7. The molecule has 1 aromatic heterocycles. The molecule has 0 aliphatic carbocycles. The number of piperidine rings is 1. The van der Waals surface area contributed by atoms with Gasteiger partial charge in [0.25, 0.3) is 0 Å². The van der Waals surface area contributed by atoms with Gasteiger partial charge in [-0.2, -0.15) is 5.26 Å². The molecule has 2 aromatic carbocycles. The number of amides is 1. The molecule has 0 saturated carbocycles. The number of fused-ring (bicyclic) bond motifs is 1. The van der Waals surface area contributed by atoms with Crippen LogP contribution < -0.4 is 19.5 Å². The standard InChI is InChI=1S/C33H39Cl2N5O5/c1-32(2,3)45-31(41)40-19-33(20-40)7-10-39(11-8-33)9-6-12-44-29-15-25-22(13-28(29)43-5)30(21(17-36)18-37-25)38-26-16-27(42-4)24(35)14-23(26)34/h13-16,18H,6-12,19-20H2,1-5H3,(H,37,38). The normalized spacial score (nSPS) is 16.2. The van der Waals surface area contributed by atoms with Gasteiger partial charge in [-0.25, -0.2) is 4.79 Å². The van der Waals surface area contributed by atoms with Crippen LogP contribution in [0.4, 0.5) is 16.2 Å². The molecular weight excluding hydrogens is 617 g/mol. The molecule has 2 saturated heterocycles. The van der Waals surface area contributed by atoms with Crippen molar-refractivity contribution < 1.29 is 23.7 Å². The number of rotatable bonds is 9. The van der Waals surface area contributed by atoms with Crippen LogP contribution in [0.1, 0.15) is 45.6 Å². The molecule has 1 N–H and O–H groups in total. The third-order valence-corrected chi connectivity index (χ3v) is 8.88. The van der Waals surface area contributed by atoms with Gasteiger partial charge in [0.2, 0.25) is 0 Å². The van der Waals surface area contributed by atoms with Crippen LogP contribution in [0, 0.1) is 16.7 Å². The van der Waals surface area contributed by atoms with E-state index in [2.05, 4.69) is 21.3 Å². The van der Waals surface area contributed by atoms with E-state index in [4.69, 9.17) is 42.1 Å². The summed E-state index contributed by atoms with van der Waals surface area (Å²) < 4.78 is 22.7. The number of ether oxygens (including phenoxy) is 4. The number of nitrogens with one attached hydrogen (secondary N) is 1. The fourth-order valence-corrected chi connectivity index (χ4v) is 6.37. The van der Waals surface area contributed by atoms with Crippen LogP contribution >= 0.6 is 23.2 Å². The summed E-state index contributed by atoms with van der Waals surface area (Å²) >= 11 is 12.7. The van der Waals surface area contributed by atoms with Gasteiger partial charge in [-0.3, -0.25) is 4.98 Å². The molecule has 1 spiro atoms. The second-order valence-electron chi connectivity index (χ2n) is 12.7. The van der Waals surface area contributed by atoms with Crippen molar-refractivity contribution in [1.82, 2.24) is 14.8 Å². The molecule has 0 radical (unpaired) electrons. The molecule has 10 nitrogen and oxygen atoms in total. The largest absolute Gasteiger partial charge is 0.495 e. The molecule has 0 bridgehead atoms. The van der Waals surface area contributed by atoms with Crippen molar-refractivity contribution in [3.05, 3.63) is 46.1 Å². The Morgan fingerprint density at radius 2 is 1.76 bits per heavy atom. The number of carbonyl (C=O) groups excluding carboxylic acids is 1. The lowest BCUT2D eigenvalue weighted by molar-refractivity contribution is -0.0594. The quantitative estimate of drug-likeness (QED) is 0.238. The van der Waals surface area contributed by atoms with Crippen molar-refractivity contribution >= 4 is 51.6 Å². The Morgan fingerprint density at radius 1 is 1.04 bits per heavy atom. The van der Waals surface area contributed by atoms with Crippen LogP contribution in [0.15, 0.2) is 30.5 Å². The second kappa shape index (κ2) is 13.4. The van der Waals surface area contributed by atoms with Crippen molar-refractivity contribution in [2.45, 2.75) is 45.6 Å². The van der Waals surface area contributed by atoms with E-state index in [1.165, 1.54) is 13.3 Å². The van der Waals surface area contributed by atoms with Gasteiger partial charge >= 0.3 is 6.09 Å². The molecule has 2 fully saturated rings. The fourth-order valence-electron chi connectivity index (χ4n) is 5.86. The highest BCUT2D eigenvalue weighted by atomic mass is 35.5. The number of methoxy groups -OCH3 is 2. The molecule has 3 aromatic rings. The Kier molecular flexibility index (Phi) is 9.73. The lowest BCUT2D eigenvalue weighted by Gasteiger charge is -2.53. The van der Waals surface area contributed by atoms with E-state index in [1.807, 2.05) is 37.8 Å². The van der Waals surface area contributed by atoms with E-state index < -0.39 is 5.60 Å². The molecule has 2 aliphatic rings. The summed E-state index contributed by atoms with van der Waals surface area (Å²) in [5.41, 5.74) is 1.78. The minimum absolute atomic E-state index is 0.211. The third kappa shape index (κ3) is 7.43. The number of benzene rings is 2. The first kappa shape index (κ1) is 32.7. The number of nitrogens with zero attached hydrogens (tertiary/aromatic N) is 4. The van der Waals surface area contributed by atoms with Crippen molar-refractivity contribution in [2.24, 2.45) is 5.41 Å². The number of likely N-dealkylation sites (tertiary alicyclic amines) is 2. The van der Waals surface area contributed by atoms with E-state index in [-0.39, 0.29) is 11.5 Å². The van der Waals surface area contributed by atoms with E-state index in [0.29, 0.717) is 61.7 Å². The number of aromatic nitrogens is 1. The van der Waals surface area contributed by atoms with Crippen LogP contribution in [-0.4, -0.2) is 80.0 Å². The predicted molar refractivity (Wildman–Crippen MR) is 175 cm³/mol. The number of pyridine rings is 1. The van der Waals surface area contributed by atoms with Crippen molar-refractivity contribution in [3.8, 4) is 23.3 Å². The number of carbonyl (C=O) groups is 1. The van der Waals surface area contributed by atoms with Gasteiger partial charge in [0.15, 0.2) is 11.5 Å². The van der Waals surface area contributed by atoms with Gasteiger partial charge in [0, 0.05) is 48.8 Å². The van der Waals surface area contributed by atoms with Gasteiger partial charge in [-0.1, -0.05) is 23.2 Å². The maximum absolute atomic E-state index is 12.3. The van der Waals surface area contributed by atoms with Crippen molar-refractivity contribution in [2.75, 3.05) is 58.9 Å². The monoisotopic (exact) mass is 655 g/mol. The van der Waals surface area contributed by atoms with Gasteiger partial charge in [0.05, 0.1) is 53.3 Å². The summed E-state index contributed by atoms with van der Waals surface area (Å²) in [7, 11) is 3.10. The summed E-state index contributed by atoms with van der Waals surface area (Å²) in [6.07, 6.45) is 4.30. The minimum atomic E-state index is -0.471. The second-order valence-corrected chi connectivity index (χ2v) is 13.5. The number of nitriles is 1. The van der Waals surface area contributed by atoms with Gasteiger partial charge in [-0.15, -0.1) is 0 Å². The molecule has 0 atom stereocenters. The maximum Gasteiger partial charge on any atom is 0.410 e. The van der Waals surface area contributed by atoms with Crippen LogP contribution in [0.5, 0.6) is 17.2 Å². The fraction of sp³-hybridized carbons (Fsp3) is 0.485. The number of hydrogen-bond donors (Lipinski definition) is 1. The average Bonchev–Trinajstić information content (AvgIpc) is 2.98. The van der Waals surface area contributed by atoms with E-state index in [0.717, 1.165) is 52.0 Å². The average molecular weight is 657 g/mol. The zero-order valence-corrected chi connectivity index (χ0v) is 27.8. The predicted octanol–water partition coefficient (Wildman–Crippen LogP) is 7.28. The Labute approximate surface area is 274 Å². The summed E-state index contributed by atoms with van der Waals surface area (Å²) in [5, 5.41) is 14.5. The minimum Gasteiger partial charge on any atom is -0.495 e. The smallest absolute Gasteiger partial charge is 0.410 e. The molecule has 45 heavy (non-hydrogen) atoms. The lowest BCUT2D eigenvalue weighted by atomic mass is 9.72. The molecular formula is C33H39Cl2N5O5. The van der Waals surface area contributed by atoms with Crippen molar-refractivity contribution in [1.29, 1.82) is 5.26 Å². The maximum atomic E-state index is 12.3. The number of anilines is 2. The summed E-state index contributed by atoms with van der Waals surface area (Å²) in [4.78, 5) is 21.1. The Balaban J connectivity index is 1.18. The zero-order valence-electron chi connectivity index (χ0n) is 26.3. The van der Waals surface area contributed by atoms with Gasteiger partial charge in [0.1, 0.15) is 17.4 Å². The summed E-state index contributed by atoms with van der Waals surface area (Å²) in [6, 6.07) is 9.09. The Bertz CT molecular complexity index is 1600. The highest BCUT2D eigenvalue weighted by molar-refractivity contribution is 6.37. The molecule has 2 aliphatic heterocycles. The Hall–Kier alpha value is -3.65. The van der Waals surface area contributed by atoms with Gasteiger partial charge < -0.3 is 34.1 Å². The summed E-state index contributed by atoms with van der Waals surface area (Å²) in [5.74, 6) is 1.56. The summed E-state index contributed by atoms with van der Waals surface area (Å²) in [6.45, 7) is 10.7. The van der Waals surface area contributed by atoms with E-state index in [9.17, 15) is 10.1 Å². The topological polar surface area (TPSA) is 109 Å². The molecule has 5 rings (SSSR count). The van der Waals surface area contributed by atoms with Crippen LogP contribution in [0.2, 0.25) is 10.0 Å². The molecule has 240 valence electrons. The first-order valence-electron chi connectivity index (χ1n) is 15.0. The molecule has 1 amide bonds. The van der Waals surface area contributed by atoms with Gasteiger partial charge in [-0.05, 0) is 65.3 Å². The van der Waals surface area contributed by atoms with Crippen LogP contribution in [0.3, 0.4) is 0 Å². The molecule has 0 unspecified atom stereocenters. The van der Waals surface area contributed by atoms with Crippen LogP contribution in [0.25, 0.3) is 10.9 Å². The first-order chi connectivity index (χ1) is 21.4. The third-order valence-electron chi connectivity index (χ3n) is 8.27. The highest BCUT2D eigenvalue weighted by Crippen LogP contribution is 2.42. The van der Waals surface area contributed by atoms with E-state index in [1.54, 1.807) is 19.2 Å². The lowest BCUT2D eigenvalue weighted by Crippen LogP contribution is -2.62. The Morgan fingerprint density at radius 3 is 2.40 bits per heavy atom. The van der Waals surface area contributed by atoms with Crippen molar-refractivity contribution in [3.63, 3.8) is 0 Å².